The molecule has 2 fully saturated rings. The van der Waals surface area contributed by atoms with Crippen molar-refractivity contribution in [2.24, 2.45) is 17.3 Å². The van der Waals surface area contributed by atoms with Gasteiger partial charge in [0.2, 0.25) is 0 Å². The minimum atomic E-state index is -2.83. The molecule has 28 heavy (non-hydrogen) atoms. The first-order chi connectivity index (χ1) is 13.2. The fourth-order valence-corrected chi connectivity index (χ4v) is 6.02. The lowest BCUT2D eigenvalue weighted by Crippen LogP contribution is -2.33. The summed E-state index contributed by atoms with van der Waals surface area (Å²) in [5, 5.41) is 0.375. The van der Waals surface area contributed by atoms with E-state index in [1.165, 1.54) is 48.3 Å². The van der Waals surface area contributed by atoms with Gasteiger partial charge in [0.1, 0.15) is 5.78 Å². The molecule has 0 N–H and O–H groups in total. The largest absolute Gasteiger partial charge is 0.464 e. The molecule has 4 nitrogen and oxygen atoms in total. The van der Waals surface area contributed by atoms with Gasteiger partial charge in [0.15, 0.2) is 6.61 Å². The molecule has 1 aliphatic heterocycles. The van der Waals surface area contributed by atoms with E-state index in [-0.39, 0.29) is 0 Å². The van der Waals surface area contributed by atoms with E-state index in [0.29, 0.717) is 22.3 Å². The van der Waals surface area contributed by atoms with E-state index in [4.69, 9.17) is 4.74 Å². The van der Waals surface area contributed by atoms with Crippen LogP contribution < -0.4 is 4.74 Å². The van der Waals surface area contributed by atoms with Crippen LogP contribution in [0, 0.1) is 17.3 Å². The summed E-state index contributed by atoms with van der Waals surface area (Å²) in [5.74, 6) is -1.14. The molecule has 156 valence electrons. The number of ketones is 1. The number of ether oxygens (including phenoxy) is 1. The van der Waals surface area contributed by atoms with Gasteiger partial charge in [-0.3, -0.25) is 4.90 Å². The Morgan fingerprint density at radius 1 is 1.39 bits per heavy atom. The number of Topliss-reactive ketones (excluding diaryl/α,β-unsaturated/α-hetero) is 1. The summed E-state index contributed by atoms with van der Waals surface area (Å²) in [6.45, 7) is 4.88. The van der Waals surface area contributed by atoms with Gasteiger partial charge >= 0.3 is 0 Å². The molecule has 1 aromatic heterocycles. The third-order valence-electron chi connectivity index (χ3n) is 6.75. The Labute approximate surface area is 169 Å². The van der Waals surface area contributed by atoms with E-state index in [2.05, 4.69) is 9.88 Å². The van der Waals surface area contributed by atoms with Crippen LogP contribution in [0.4, 0.5) is 8.78 Å². The Balaban J connectivity index is 1.26. The Hall–Kier alpha value is -1.08. The lowest BCUT2D eigenvalue weighted by atomic mass is 9.76. The maximum atomic E-state index is 13.0. The number of thiazole rings is 1. The zero-order valence-corrected chi connectivity index (χ0v) is 17.6. The summed E-state index contributed by atoms with van der Waals surface area (Å²) in [5.41, 5.74) is 1.53. The summed E-state index contributed by atoms with van der Waals surface area (Å²) in [4.78, 5) is 19.5. The molecule has 0 unspecified atom stereocenters. The van der Waals surface area contributed by atoms with Crippen LogP contribution in [0.15, 0.2) is 0 Å². The summed E-state index contributed by atoms with van der Waals surface area (Å²) in [6.07, 6.45) is 7.96. The van der Waals surface area contributed by atoms with Crippen LogP contribution in [0.25, 0.3) is 0 Å². The summed E-state index contributed by atoms with van der Waals surface area (Å²) in [6, 6.07) is 0. The van der Waals surface area contributed by atoms with E-state index in [1.54, 1.807) is 6.92 Å². The van der Waals surface area contributed by atoms with Gasteiger partial charge in [0.25, 0.3) is 11.1 Å². The lowest BCUT2D eigenvalue weighted by molar-refractivity contribution is -0.118. The summed E-state index contributed by atoms with van der Waals surface area (Å²) < 4.78 is 31.2. The molecule has 1 spiro atoms. The molecule has 4 rings (SSSR count). The normalized spacial score (nSPS) is 30.3. The Kier molecular flexibility index (Phi) is 5.51. The van der Waals surface area contributed by atoms with Gasteiger partial charge in [-0.1, -0.05) is 11.3 Å². The number of hydrogen-bond acceptors (Lipinski definition) is 5. The molecule has 7 heteroatoms. The van der Waals surface area contributed by atoms with Gasteiger partial charge in [0, 0.05) is 37.9 Å². The zero-order valence-electron chi connectivity index (χ0n) is 16.8. The monoisotopic (exact) mass is 412 g/mol. The van der Waals surface area contributed by atoms with Crippen LogP contribution in [-0.4, -0.2) is 41.3 Å². The molecule has 0 radical (unpaired) electrons. The average molecular weight is 413 g/mol. The molecule has 2 heterocycles. The Morgan fingerprint density at radius 3 is 2.82 bits per heavy atom. The molecular formula is C21H30F2N2O2S. The van der Waals surface area contributed by atoms with Gasteiger partial charge in [0.05, 0.1) is 5.69 Å². The minimum Gasteiger partial charge on any atom is -0.464 e. The number of fused-ring (bicyclic) bond motifs is 1. The van der Waals surface area contributed by atoms with Crippen molar-refractivity contribution in [1.29, 1.82) is 0 Å². The maximum absolute atomic E-state index is 13.0. The van der Waals surface area contributed by atoms with Gasteiger partial charge in [-0.15, -0.1) is 0 Å². The fourth-order valence-electron chi connectivity index (χ4n) is 5.11. The highest BCUT2D eigenvalue weighted by molar-refractivity contribution is 7.13. The molecule has 1 atom stereocenters. The van der Waals surface area contributed by atoms with Crippen molar-refractivity contribution in [2.45, 2.75) is 71.3 Å². The van der Waals surface area contributed by atoms with Crippen LogP contribution in [0.5, 0.6) is 5.19 Å². The second kappa shape index (κ2) is 7.63. The predicted molar refractivity (Wildman–Crippen MR) is 105 cm³/mol. The van der Waals surface area contributed by atoms with Crippen molar-refractivity contribution < 1.29 is 18.3 Å². The van der Waals surface area contributed by atoms with Crippen molar-refractivity contribution in [2.75, 3.05) is 19.7 Å². The van der Waals surface area contributed by atoms with E-state index in [9.17, 15) is 13.6 Å². The van der Waals surface area contributed by atoms with Gasteiger partial charge in [-0.05, 0) is 62.7 Å². The smallest absolute Gasteiger partial charge is 0.278 e. The number of hydrogen-bond donors (Lipinski definition) is 0. The van der Waals surface area contributed by atoms with Crippen LogP contribution in [-0.2, 0) is 17.8 Å². The van der Waals surface area contributed by atoms with E-state index in [1.807, 2.05) is 0 Å². The Morgan fingerprint density at radius 2 is 2.14 bits per heavy atom. The minimum absolute atomic E-state index is 0.326. The van der Waals surface area contributed by atoms with Crippen LogP contribution in [0.1, 0.15) is 62.9 Å². The van der Waals surface area contributed by atoms with Gasteiger partial charge in [-0.25, -0.2) is 13.8 Å². The number of carbonyl (C=O) groups is 1. The third kappa shape index (κ3) is 4.73. The number of halogens is 2. The molecule has 0 amide bonds. The number of aromatic nitrogens is 1. The van der Waals surface area contributed by atoms with Gasteiger partial charge in [-0.2, -0.15) is 0 Å². The van der Waals surface area contributed by atoms with Crippen LogP contribution in [0.2, 0.25) is 0 Å². The highest BCUT2D eigenvalue weighted by atomic mass is 32.1. The quantitative estimate of drug-likeness (QED) is 0.650. The summed E-state index contributed by atoms with van der Waals surface area (Å²) >= 11 is 1.42. The molecule has 0 saturated heterocycles. The van der Waals surface area contributed by atoms with Crippen molar-refractivity contribution in [3.05, 3.63) is 10.6 Å². The predicted octanol–water partition coefficient (Wildman–Crippen LogP) is 4.71. The number of rotatable bonds is 7. The van der Waals surface area contributed by atoms with Crippen molar-refractivity contribution in [3.63, 3.8) is 0 Å². The highest BCUT2D eigenvalue weighted by Gasteiger charge is 2.54. The summed E-state index contributed by atoms with van der Waals surface area (Å²) in [7, 11) is 0. The first-order valence-corrected chi connectivity index (χ1v) is 11.3. The average Bonchev–Trinajstić information content (AvgIpc) is 3.09. The number of carbonyl (C=O) groups excluding carboxylic acids is 1. The second-order valence-corrected chi connectivity index (χ2v) is 10.4. The van der Waals surface area contributed by atoms with Crippen molar-refractivity contribution >= 4 is 17.1 Å². The van der Waals surface area contributed by atoms with Crippen molar-refractivity contribution in [3.8, 4) is 5.19 Å². The second-order valence-electron chi connectivity index (χ2n) is 9.31. The van der Waals surface area contributed by atoms with Crippen LogP contribution >= 0.6 is 11.3 Å². The molecule has 2 aliphatic carbocycles. The first kappa shape index (κ1) is 20.2. The highest BCUT2D eigenvalue weighted by Crippen LogP contribution is 2.62. The molecule has 2 saturated carbocycles. The Bertz CT molecular complexity index is 722. The number of nitrogens with zero attached hydrogens (tertiary/aromatic N) is 2. The van der Waals surface area contributed by atoms with E-state index in [0.717, 1.165) is 51.0 Å². The maximum Gasteiger partial charge on any atom is 0.278 e. The first-order valence-electron chi connectivity index (χ1n) is 10.4. The third-order valence-corrected chi connectivity index (χ3v) is 7.82. The zero-order chi connectivity index (χ0) is 19.9. The molecular weight excluding hydrogens is 382 g/mol. The van der Waals surface area contributed by atoms with E-state index < -0.39 is 12.5 Å². The number of alkyl halides is 2. The van der Waals surface area contributed by atoms with Crippen molar-refractivity contribution in [1.82, 2.24) is 9.88 Å². The molecule has 0 bridgehead atoms. The molecule has 0 aromatic carbocycles. The standard InChI is InChI=1S/C21H30F2N2O2S/c1-14(26)9-15-3-6-21(7-4-15)10-16(21)11-25-8-5-18-17(12-25)24-19(28-18)27-13-20(2,22)23/h15-16H,3-13H2,1-2H3/t15?,16-,21?/m1/s1. The molecule has 1 aromatic rings. The van der Waals surface area contributed by atoms with Gasteiger partial charge < -0.3 is 9.53 Å². The lowest BCUT2D eigenvalue weighted by Gasteiger charge is -2.31. The fraction of sp³-hybridized carbons (Fsp3) is 0.810. The van der Waals surface area contributed by atoms with E-state index >= 15 is 0 Å². The SMILES string of the molecule is CC(=O)CC1CCC2(CC1)C[C@@H]2CN1CCc2sc(OCC(C)(F)F)nc2C1. The van der Waals surface area contributed by atoms with Crippen LogP contribution in [0.3, 0.4) is 0 Å². The molecule has 3 aliphatic rings. The topological polar surface area (TPSA) is 42.4 Å².